The Hall–Kier alpha value is -10.1. The van der Waals surface area contributed by atoms with Crippen LogP contribution in [-0.2, 0) is 5.41 Å². The lowest BCUT2D eigenvalue weighted by Gasteiger charge is -2.25. The summed E-state index contributed by atoms with van der Waals surface area (Å²) in [6.45, 7) is 4.87. The molecule has 16 rings (SSSR count). The van der Waals surface area contributed by atoms with Crippen molar-refractivity contribution >= 4 is 64.6 Å². The fourth-order valence-corrected chi connectivity index (χ4v) is 14.3. The zero-order chi connectivity index (χ0) is 53.8. The lowest BCUT2D eigenvalue weighted by molar-refractivity contribution is 0.661. The standard InChI is InChI=1S/C81H54/c1-81(2)73-49-53(75-61-33-13-17-37-65(61)77(66-38-18-14-34-62(66)75)59-31-11-9-29-55(59)51-25-5-3-6-26-51)45-47-57(73)58-48-46-54(50-74(58)81)76-63-35-15-21-41-69(63)79(70-42-22-16-36-64(70)76)80-71-43-23-19-39-67(71)78(68-40-20-24-44-72(68)80)60-32-12-10-30-56(60)52-27-7-4-8-28-52/h3-50H,1-2H3. The van der Waals surface area contributed by atoms with Gasteiger partial charge in [0, 0.05) is 5.41 Å². The largest absolute Gasteiger partial charge is 0.0622 e. The Morgan fingerprint density at radius 1 is 0.173 bits per heavy atom. The smallest absolute Gasteiger partial charge is 0.0159 e. The van der Waals surface area contributed by atoms with Gasteiger partial charge >= 0.3 is 0 Å². The van der Waals surface area contributed by atoms with E-state index in [1.807, 2.05) is 0 Å². The highest BCUT2D eigenvalue weighted by atomic mass is 14.4. The molecule has 81 heavy (non-hydrogen) atoms. The fraction of sp³-hybridized carbons (Fsp3) is 0.0370. The van der Waals surface area contributed by atoms with Gasteiger partial charge in [0.25, 0.3) is 0 Å². The number of hydrogen-bond acceptors (Lipinski definition) is 0. The minimum absolute atomic E-state index is 0.277. The first-order chi connectivity index (χ1) is 40.0. The van der Waals surface area contributed by atoms with Gasteiger partial charge in [-0.15, -0.1) is 0 Å². The Labute approximate surface area is 472 Å². The SMILES string of the molecule is CC1(C)c2cc(-c3c4ccccc4c(-c4ccccc4-c4ccccc4)c4ccccc34)ccc2-c2ccc(-c3c4ccccc4c(-c4c5ccccc5c(-c5ccccc5-c5ccccc5)c5ccccc45)c4ccccc34)cc21. The molecule has 0 heteroatoms. The van der Waals surface area contributed by atoms with Crippen molar-refractivity contribution in [1.82, 2.24) is 0 Å². The maximum absolute atomic E-state index is 2.52. The van der Waals surface area contributed by atoms with E-state index in [2.05, 4.69) is 305 Å². The Morgan fingerprint density at radius 2 is 0.407 bits per heavy atom. The summed E-state index contributed by atoms with van der Waals surface area (Å²) in [5.74, 6) is 0. The van der Waals surface area contributed by atoms with Crippen LogP contribution in [-0.4, -0.2) is 0 Å². The second-order valence-corrected chi connectivity index (χ2v) is 22.5. The molecule has 0 bridgehead atoms. The van der Waals surface area contributed by atoms with E-state index in [0.29, 0.717) is 0 Å². The van der Waals surface area contributed by atoms with E-state index in [4.69, 9.17) is 0 Å². The molecule has 0 nitrogen and oxygen atoms in total. The molecule has 0 amide bonds. The first-order valence-corrected chi connectivity index (χ1v) is 28.4. The van der Waals surface area contributed by atoms with E-state index < -0.39 is 0 Å². The molecule has 0 N–H and O–H groups in total. The Bertz CT molecular complexity index is 4890. The molecule has 15 aromatic carbocycles. The third-order valence-electron chi connectivity index (χ3n) is 17.9. The van der Waals surface area contributed by atoms with Gasteiger partial charge in [0.2, 0.25) is 0 Å². The molecule has 0 aliphatic heterocycles. The quantitative estimate of drug-likeness (QED) is 0.140. The highest BCUT2D eigenvalue weighted by molar-refractivity contribution is 6.30. The molecule has 0 aromatic heterocycles. The van der Waals surface area contributed by atoms with Crippen molar-refractivity contribution in [3.05, 3.63) is 302 Å². The zero-order valence-electron chi connectivity index (χ0n) is 45.2. The first kappa shape index (κ1) is 46.9. The summed E-state index contributed by atoms with van der Waals surface area (Å²) < 4.78 is 0. The van der Waals surface area contributed by atoms with Crippen molar-refractivity contribution in [2.24, 2.45) is 0 Å². The number of rotatable bonds is 7. The van der Waals surface area contributed by atoms with E-state index >= 15 is 0 Å². The second-order valence-electron chi connectivity index (χ2n) is 22.5. The summed E-state index contributed by atoms with van der Waals surface area (Å²) in [6, 6.07) is 109. The lowest BCUT2D eigenvalue weighted by atomic mass is 9.78. The normalized spacial score (nSPS) is 12.7. The van der Waals surface area contributed by atoms with Gasteiger partial charge in [-0.2, -0.15) is 0 Å². The van der Waals surface area contributed by atoms with Gasteiger partial charge in [-0.05, 0) is 177 Å². The van der Waals surface area contributed by atoms with Crippen molar-refractivity contribution in [3.63, 3.8) is 0 Å². The molecule has 0 atom stereocenters. The van der Waals surface area contributed by atoms with Crippen LogP contribution in [0.2, 0.25) is 0 Å². The molecule has 378 valence electrons. The summed E-state index contributed by atoms with van der Waals surface area (Å²) >= 11 is 0. The molecule has 1 aliphatic rings. The molecule has 0 spiro atoms. The molecule has 0 saturated carbocycles. The van der Waals surface area contributed by atoms with Gasteiger partial charge in [0.1, 0.15) is 0 Å². The van der Waals surface area contributed by atoms with Gasteiger partial charge in [0.15, 0.2) is 0 Å². The molecule has 0 heterocycles. The van der Waals surface area contributed by atoms with Crippen molar-refractivity contribution < 1.29 is 0 Å². The van der Waals surface area contributed by atoms with E-state index in [9.17, 15) is 0 Å². The minimum atomic E-state index is -0.277. The molecule has 0 radical (unpaired) electrons. The molecule has 0 fully saturated rings. The van der Waals surface area contributed by atoms with Crippen molar-refractivity contribution in [2.75, 3.05) is 0 Å². The Morgan fingerprint density at radius 3 is 0.704 bits per heavy atom. The second kappa shape index (κ2) is 18.5. The molecule has 1 aliphatic carbocycles. The van der Waals surface area contributed by atoms with Crippen LogP contribution in [0, 0.1) is 0 Å². The molecule has 15 aromatic rings. The molecular weight excluding hydrogens is 973 g/mol. The van der Waals surface area contributed by atoms with Crippen LogP contribution in [0.25, 0.3) is 154 Å². The lowest BCUT2D eigenvalue weighted by Crippen LogP contribution is -2.15. The predicted octanol–water partition coefficient (Wildman–Crippen LogP) is 22.6. The van der Waals surface area contributed by atoms with Crippen LogP contribution in [0.4, 0.5) is 0 Å². The Balaban J connectivity index is 0.864. The topological polar surface area (TPSA) is 0 Å². The highest BCUT2D eigenvalue weighted by Gasteiger charge is 2.37. The maximum Gasteiger partial charge on any atom is 0.0159 e. The van der Waals surface area contributed by atoms with Crippen LogP contribution < -0.4 is 0 Å². The minimum Gasteiger partial charge on any atom is -0.0622 e. The van der Waals surface area contributed by atoms with Gasteiger partial charge in [-0.1, -0.05) is 293 Å². The molecule has 0 unspecified atom stereocenters. The monoisotopic (exact) mass is 1030 g/mol. The average molecular weight is 1030 g/mol. The van der Waals surface area contributed by atoms with Gasteiger partial charge < -0.3 is 0 Å². The van der Waals surface area contributed by atoms with Gasteiger partial charge in [-0.25, -0.2) is 0 Å². The summed E-state index contributed by atoms with van der Waals surface area (Å²) in [4.78, 5) is 0. The average Bonchev–Trinajstić information content (AvgIpc) is 3.92. The van der Waals surface area contributed by atoms with E-state index in [1.54, 1.807) is 0 Å². The number of benzene rings is 15. The van der Waals surface area contributed by atoms with Crippen LogP contribution in [0.15, 0.2) is 291 Å². The van der Waals surface area contributed by atoms with Crippen molar-refractivity contribution in [3.8, 4) is 89.0 Å². The van der Waals surface area contributed by atoms with Crippen LogP contribution >= 0.6 is 0 Å². The van der Waals surface area contributed by atoms with Crippen LogP contribution in [0.1, 0.15) is 25.0 Å². The van der Waals surface area contributed by atoms with E-state index in [0.717, 1.165) is 0 Å². The summed E-state index contributed by atoms with van der Waals surface area (Å²) in [6.07, 6.45) is 0. The van der Waals surface area contributed by atoms with Crippen molar-refractivity contribution in [1.29, 1.82) is 0 Å². The van der Waals surface area contributed by atoms with Crippen LogP contribution in [0.3, 0.4) is 0 Å². The number of fused-ring (bicyclic) bond motifs is 9. The Kier molecular flexibility index (Phi) is 10.7. The summed E-state index contributed by atoms with van der Waals surface area (Å²) in [5.41, 5.74) is 22.6. The maximum atomic E-state index is 2.52. The third-order valence-corrected chi connectivity index (χ3v) is 17.9. The van der Waals surface area contributed by atoms with Gasteiger partial charge in [0.05, 0.1) is 0 Å². The summed E-state index contributed by atoms with van der Waals surface area (Å²) in [5, 5.41) is 15.0. The van der Waals surface area contributed by atoms with Crippen LogP contribution in [0.5, 0.6) is 0 Å². The van der Waals surface area contributed by atoms with E-state index in [1.165, 1.54) is 165 Å². The fourth-order valence-electron chi connectivity index (χ4n) is 14.3. The predicted molar refractivity (Wildman–Crippen MR) is 347 cm³/mol. The van der Waals surface area contributed by atoms with Gasteiger partial charge in [-0.3, -0.25) is 0 Å². The summed E-state index contributed by atoms with van der Waals surface area (Å²) in [7, 11) is 0. The number of hydrogen-bond donors (Lipinski definition) is 0. The zero-order valence-corrected chi connectivity index (χ0v) is 45.2. The highest BCUT2D eigenvalue weighted by Crippen LogP contribution is 2.55. The third kappa shape index (κ3) is 7.17. The first-order valence-electron chi connectivity index (χ1n) is 28.4. The molecule has 0 saturated heterocycles. The molecular formula is C81H54. The van der Waals surface area contributed by atoms with E-state index in [-0.39, 0.29) is 5.41 Å². The van der Waals surface area contributed by atoms with Crippen molar-refractivity contribution in [2.45, 2.75) is 19.3 Å².